The molecule has 4 atom stereocenters. The number of amides is 5. The molecule has 0 aromatic heterocycles. The number of aliphatic hydroxyl groups is 1. The zero-order chi connectivity index (χ0) is 24.4. The maximum Gasteiger partial charge on any atom is 0.326 e. The zero-order valence-corrected chi connectivity index (χ0v) is 17.5. The third-order valence-electron chi connectivity index (χ3n) is 4.97. The van der Waals surface area contributed by atoms with E-state index in [1.165, 1.54) is 0 Å². The monoisotopic (exact) mass is 458 g/mol. The molecule has 4 unspecified atom stereocenters. The van der Waals surface area contributed by atoms with Crippen molar-refractivity contribution in [2.75, 3.05) is 13.2 Å². The first kappa shape index (κ1) is 26.8. The van der Waals surface area contributed by atoms with Crippen LogP contribution >= 0.6 is 0 Å². The van der Waals surface area contributed by atoms with Gasteiger partial charge < -0.3 is 42.9 Å². The lowest BCUT2D eigenvalue weighted by molar-refractivity contribution is -0.145. The quantitative estimate of drug-likeness (QED) is 0.141. The molecule has 0 aromatic carbocycles. The fraction of sp³-hybridized carbons (Fsp3) is 0.667. The van der Waals surface area contributed by atoms with Gasteiger partial charge in [0.25, 0.3) is 0 Å². The first-order chi connectivity index (χ1) is 15.0. The summed E-state index contributed by atoms with van der Waals surface area (Å²) in [6.07, 6.45) is 0.0249. The maximum atomic E-state index is 12.8. The molecular formula is C18H30N6O8. The van der Waals surface area contributed by atoms with Gasteiger partial charge in [0.1, 0.15) is 18.1 Å². The molecule has 1 aliphatic heterocycles. The predicted octanol–water partition coefficient (Wildman–Crippen LogP) is -4.12. The van der Waals surface area contributed by atoms with Gasteiger partial charge in [0.2, 0.25) is 29.5 Å². The third-order valence-corrected chi connectivity index (χ3v) is 4.97. The number of hydrogen-bond acceptors (Lipinski definition) is 8. The summed E-state index contributed by atoms with van der Waals surface area (Å²) in [6.45, 7) is -0.621. The number of carbonyl (C=O) groups excluding carboxylic acids is 5. The van der Waals surface area contributed by atoms with Gasteiger partial charge in [-0.1, -0.05) is 0 Å². The summed E-state index contributed by atoms with van der Waals surface area (Å²) in [5.74, 6) is -5.00. The molecule has 1 fully saturated rings. The lowest BCUT2D eigenvalue weighted by Gasteiger charge is -2.29. The molecule has 0 bridgehead atoms. The smallest absolute Gasteiger partial charge is 0.326 e. The zero-order valence-electron chi connectivity index (χ0n) is 17.5. The van der Waals surface area contributed by atoms with E-state index in [4.69, 9.17) is 17.2 Å². The lowest BCUT2D eigenvalue weighted by Crippen LogP contribution is -2.57. The second kappa shape index (κ2) is 12.6. The van der Waals surface area contributed by atoms with Crippen LogP contribution in [0.1, 0.15) is 38.5 Å². The molecule has 0 spiro atoms. The Morgan fingerprint density at radius 3 is 2.09 bits per heavy atom. The van der Waals surface area contributed by atoms with Crippen LogP contribution in [-0.2, 0) is 28.8 Å². The van der Waals surface area contributed by atoms with Crippen LogP contribution in [0.2, 0.25) is 0 Å². The molecule has 0 saturated carbocycles. The molecule has 1 rings (SSSR count). The Bertz CT molecular complexity index is 745. The van der Waals surface area contributed by atoms with Gasteiger partial charge >= 0.3 is 5.97 Å². The van der Waals surface area contributed by atoms with Crippen LogP contribution in [0, 0.1) is 0 Å². The Labute approximate surface area is 183 Å². The molecule has 32 heavy (non-hydrogen) atoms. The van der Waals surface area contributed by atoms with E-state index >= 15 is 0 Å². The maximum absolute atomic E-state index is 12.8. The number of aliphatic carboxylic acids is 1. The van der Waals surface area contributed by atoms with Crippen LogP contribution in [0.15, 0.2) is 0 Å². The van der Waals surface area contributed by atoms with Gasteiger partial charge in [0.05, 0.1) is 12.6 Å². The Morgan fingerprint density at radius 2 is 1.56 bits per heavy atom. The van der Waals surface area contributed by atoms with Gasteiger partial charge in [-0.05, 0) is 25.7 Å². The highest BCUT2D eigenvalue weighted by Gasteiger charge is 2.39. The molecule has 0 aliphatic carbocycles. The molecule has 180 valence electrons. The molecule has 0 aromatic rings. The van der Waals surface area contributed by atoms with Crippen molar-refractivity contribution in [3.05, 3.63) is 0 Å². The molecule has 0 radical (unpaired) electrons. The minimum absolute atomic E-state index is 0.0515. The minimum atomic E-state index is -1.39. The Kier molecular flexibility index (Phi) is 10.5. The average molecular weight is 458 g/mol. The van der Waals surface area contributed by atoms with E-state index < -0.39 is 66.3 Å². The van der Waals surface area contributed by atoms with Gasteiger partial charge in [-0.25, -0.2) is 4.79 Å². The van der Waals surface area contributed by atoms with E-state index in [0.717, 1.165) is 4.90 Å². The summed E-state index contributed by atoms with van der Waals surface area (Å²) in [6, 6.07) is -4.92. The van der Waals surface area contributed by atoms with E-state index in [9.17, 15) is 39.0 Å². The van der Waals surface area contributed by atoms with Crippen molar-refractivity contribution in [2.24, 2.45) is 17.2 Å². The van der Waals surface area contributed by atoms with Crippen LogP contribution < -0.4 is 27.8 Å². The van der Waals surface area contributed by atoms with Crippen molar-refractivity contribution in [3.8, 4) is 0 Å². The number of carboxylic acid groups (broad SMARTS) is 1. The van der Waals surface area contributed by atoms with E-state index in [1.807, 2.05) is 0 Å². The molecule has 5 amide bonds. The third kappa shape index (κ3) is 8.11. The van der Waals surface area contributed by atoms with Gasteiger partial charge in [-0.2, -0.15) is 0 Å². The van der Waals surface area contributed by atoms with Gasteiger partial charge in [0.15, 0.2) is 0 Å². The average Bonchev–Trinajstić information content (AvgIpc) is 3.21. The number of nitrogens with two attached hydrogens (primary N) is 3. The molecule has 1 saturated heterocycles. The summed E-state index contributed by atoms with van der Waals surface area (Å²) < 4.78 is 0. The Balaban J connectivity index is 2.79. The highest BCUT2D eigenvalue weighted by molar-refractivity contribution is 5.94. The fourth-order valence-corrected chi connectivity index (χ4v) is 3.21. The van der Waals surface area contributed by atoms with Gasteiger partial charge in [0, 0.05) is 19.4 Å². The van der Waals surface area contributed by atoms with E-state index in [0.29, 0.717) is 6.42 Å². The van der Waals surface area contributed by atoms with Crippen molar-refractivity contribution in [1.29, 1.82) is 0 Å². The van der Waals surface area contributed by atoms with Crippen molar-refractivity contribution in [1.82, 2.24) is 15.5 Å². The molecule has 14 nitrogen and oxygen atoms in total. The van der Waals surface area contributed by atoms with Crippen molar-refractivity contribution in [2.45, 2.75) is 62.7 Å². The summed E-state index contributed by atoms with van der Waals surface area (Å²) in [4.78, 5) is 71.8. The topological polar surface area (TPSA) is 248 Å². The lowest BCUT2D eigenvalue weighted by atomic mass is 10.1. The van der Waals surface area contributed by atoms with Crippen LogP contribution in [0.3, 0.4) is 0 Å². The molecule has 1 aliphatic rings. The SMILES string of the molecule is NC(=O)CCC(N)C(=O)NC(CO)C(=O)N1CCCC1C(=O)NC(CCC(N)=O)C(=O)O. The van der Waals surface area contributed by atoms with Gasteiger partial charge in [-0.3, -0.25) is 24.0 Å². The normalized spacial score (nSPS) is 18.3. The van der Waals surface area contributed by atoms with E-state index in [2.05, 4.69) is 10.6 Å². The Morgan fingerprint density at radius 1 is 0.969 bits per heavy atom. The number of carboxylic acids is 1. The fourth-order valence-electron chi connectivity index (χ4n) is 3.21. The minimum Gasteiger partial charge on any atom is -0.480 e. The van der Waals surface area contributed by atoms with Crippen LogP contribution in [0.5, 0.6) is 0 Å². The summed E-state index contributed by atoms with van der Waals surface area (Å²) in [5, 5.41) is 23.4. The van der Waals surface area contributed by atoms with Crippen LogP contribution in [-0.4, -0.2) is 87.9 Å². The second-order valence-electron chi connectivity index (χ2n) is 7.45. The van der Waals surface area contributed by atoms with Crippen molar-refractivity contribution < 1.29 is 39.0 Å². The standard InChI is InChI=1S/C18H30N6O8/c19-9(3-5-13(20)26)15(28)23-11(8-25)17(30)24-7-1-2-12(24)16(29)22-10(18(31)32)4-6-14(21)27/h9-12,25H,1-8,19H2,(H2,20,26)(H2,21,27)(H,22,29)(H,23,28)(H,31,32). The number of aliphatic hydroxyl groups excluding tert-OH is 1. The number of carbonyl (C=O) groups is 6. The summed E-state index contributed by atoms with van der Waals surface area (Å²) in [7, 11) is 0. The number of primary amides is 2. The first-order valence-electron chi connectivity index (χ1n) is 10.0. The van der Waals surface area contributed by atoms with Crippen LogP contribution in [0.25, 0.3) is 0 Å². The highest BCUT2D eigenvalue weighted by Crippen LogP contribution is 2.19. The summed E-state index contributed by atoms with van der Waals surface area (Å²) >= 11 is 0. The number of nitrogens with zero attached hydrogens (tertiary/aromatic N) is 1. The van der Waals surface area contributed by atoms with Gasteiger partial charge in [-0.15, -0.1) is 0 Å². The molecular weight excluding hydrogens is 428 g/mol. The Hall–Kier alpha value is -3.26. The number of likely N-dealkylation sites (tertiary alicyclic amines) is 1. The molecule has 1 heterocycles. The molecule has 10 N–H and O–H groups in total. The summed E-state index contributed by atoms with van der Waals surface area (Å²) in [5.41, 5.74) is 15.7. The first-order valence-corrected chi connectivity index (χ1v) is 10.0. The number of nitrogens with one attached hydrogen (secondary N) is 2. The number of hydrogen-bond donors (Lipinski definition) is 7. The highest BCUT2D eigenvalue weighted by atomic mass is 16.4. The molecule has 14 heteroatoms. The van der Waals surface area contributed by atoms with Crippen molar-refractivity contribution in [3.63, 3.8) is 0 Å². The van der Waals surface area contributed by atoms with Crippen LogP contribution in [0.4, 0.5) is 0 Å². The van der Waals surface area contributed by atoms with E-state index in [1.54, 1.807) is 0 Å². The number of rotatable bonds is 13. The predicted molar refractivity (Wildman–Crippen MR) is 108 cm³/mol. The van der Waals surface area contributed by atoms with Crippen molar-refractivity contribution >= 4 is 35.5 Å². The van der Waals surface area contributed by atoms with E-state index in [-0.39, 0.29) is 38.6 Å². The largest absolute Gasteiger partial charge is 0.480 e. The second-order valence-corrected chi connectivity index (χ2v) is 7.45.